The van der Waals surface area contributed by atoms with Gasteiger partial charge < -0.3 is 4.74 Å². The number of aromatic nitrogens is 3. The second kappa shape index (κ2) is 9.37. The number of Topliss-reactive ketones (excluding diaryl/α,β-unsaturated/α-hetero) is 1. The first kappa shape index (κ1) is 20.6. The topological polar surface area (TPSA) is 57.0 Å². The Morgan fingerprint density at radius 3 is 2.61 bits per heavy atom. The Morgan fingerprint density at radius 1 is 1.14 bits per heavy atom. The first-order valence-electron chi connectivity index (χ1n) is 8.91. The summed E-state index contributed by atoms with van der Waals surface area (Å²) in [6.07, 6.45) is 0. The van der Waals surface area contributed by atoms with Gasteiger partial charge in [0, 0.05) is 23.3 Å². The number of ether oxygens (including phenoxy) is 1. The predicted octanol–water partition coefficient (Wildman–Crippen LogP) is 4.84. The molecule has 0 saturated carbocycles. The van der Waals surface area contributed by atoms with Crippen molar-refractivity contribution >= 4 is 29.1 Å². The van der Waals surface area contributed by atoms with Crippen molar-refractivity contribution in [1.82, 2.24) is 14.8 Å². The molecule has 0 aliphatic heterocycles. The fourth-order valence-corrected chi connectivity index (χ4v) is 3.81. The number of halogens is 1. The number of carbonyl (C=O) groups is 1. The molecular formula is C21H22ClN3O2S. The molecule has 5 nitrogen and oxygen atoms in total. The van der Waals surface area contributed by atoms with Crippen LogP contribution < -0.4 is 0 Å². The molecular weight excluding hydrogens is 394 g/mol. The Morgan fingerprint density at radius 2 is 1.89 bits per heavy atom. The van der Waals surface area contributed by atoms with Crippen molar-refractivity contribution < 1.29 is 9.53 Å². The largest absolute Gasteiger partial charge is 0.383 e. The van der Waals surface area contributed by atoms with Gasteiger partial charge >= 0.3 is 0 Å². The molecule has 0 aliphatic rings. The van der Waals surface area contributed by atoms with Crippen LogP contribution in [0.25, 0.3) is 11.4 Å². The van der Waals surface area contributed by atoms with Gasteiger partial charge in [0.2, 0.25) is 0 Å². The molecule has 0 unspecified atom stereocenters. The molecule has 3 rings (SSSR count). The minimum atomic E-state index is 0.0838. The van der Waals surface area contributed by atoms with Crippen LogP contribution >= 0.6 is 23.4 Å². The van der Waals surface area contributed by atoms with Gasteiger partial charge in [-0.05, 0) is 49.7 Å². The van der Waals surface area contributed by atoms with E-state index in [9.17, 15) is 4.79 Å². The summed E-state index contributed by atoms with van der Waals surface area (Å²) in [6, 6.07) is 13.4. The summed E-state index contributed by atoms with van der Waals surface area (Å²) in [6.45, 7) is 5.07. The van der Waals surface area contributed by atoms with Gasteiger partial charge in [-0.1, -0.05) is 41.1 Å². The lowest BCUT2D eigenvalue weighted by atomic mass is 10.0. The first-order valence-corrected chi connectivity index (χ1v) is 10.3. The highest BCUT2D eigenvalue weighted by Crippen LogP contribution is 2.26. The Balaban J connectivity index is 1.82. The number of ketones is 1. The number of hydrogen-bond acceptors (Lipinski definition) is 5. The van der Waals surface area contributed by atoms with Gasteiger partial charge in [0.25, 0.3) is 0 Å². The Labute approximate surface area is 174 Å². The SMILES string of the molecule is COCCn1c(SCC(=O)c2cc(C)ccc2C)nnc1-c1ccc(Cl)cc1. The number of thioether (sulfide) groups is 1. The molecule has 0 aliphatic carbocycles. The van der Waals surface area contributed by atoms with Crippen LogP contribution in [0.15, 0.2) is 47.6 Å². The smallest absolute Gasteiger partial charge is 0.192 e. The third kappa shape index (κ3) is 4.82. The molecule has 146 valence electrons. The van der Waals surface area contributed by atoms with Crippen molar-refractivity contribution in [2.45, 2.75) is 25.5 Å². The molecule has 1 aromatic heterocycles. The summed E-state index contributed by atoms with van der Waals surface area (Å²) in [5.41, 5.74) is 3.74. The number of aryl methyl sites for hydroxylation is 2. The highest BCUT2D eigenvalue weighted by molar-refractivity contribution is 7.99. The molecule has 2 aromatic carbocycles. The molecule has 0 radical (unpaired) electrons. The average molecular weight is 416 g/mol. The Hall–Kier alpha value is -2.15. The fraction of sp³-hybridized carbons (Fsp3) is 0.286. The van der Waals surface area contributed by atoms with Crippen LogP contribution in [-0.4, -0.2) is 40.0 Å². The fourth-order valence-electron chi connectivity index (χ4n) is 2.84. The maximum Gasteiger partial charge on any atom is 0.192 e. The van der Waals surface area contributed by atoms with Gasteiger partial charge in [-0.3, -0.25) is 9.36 Å². The molecule has 0 fully saturated rings. The molecule has 1 heterocycles. The maximum absolute atomic E-state index is 12.7. The Kier molecular flexibility index (Phi) is 6.88. The molecule has 0 spiro atoms. The van der Waals surface area contributed by atoms with Crippen molar-refractivity contribution in [3.05, 3.63) is 64.2 Å². The molecule has 0 N–H and O–H groups in total. The Bertz CT molecular complexity index is 970. The molecule has 0 bridgehead atoms. The number of hydrogen-bond donors (Lipinski definition) is 0. The van der Waals surface area contributed by atoms with Crippen molar-refractivity contribution in [3.8, 4) is 11.4 Å². The van der Waals surface area contributed by atoms with Crippen molar-refractivity contribution in [2.24, 2.45) is 0 Å². The van der Waals surface area contributed by atoms with Gasteiger partial charge in [0.15, 0.2) is 16.8 Å². The van der Waals surface area contributed by atoms with E-state index in [1.807, 2.05) is 60.9 Å². The second-order valence-electron chi connectivity index (χ2n) is 6.49. The van der Waals surface area contributed by atoms with Crippen LogP contribution in [0.2, 0.25) is 5.02 Å². The average Bonchev–Trinajstić information content (AvgIpc) is 3.09. The zero-order valence-corrected chi connectivity index (χ0v) is 17.7. The lowest BCUT2D eigenvalue weighted by Crippen LogP contribution is -2.10. The minimum Gasteiger partial charge on any atom is -0.383 e. The lowest BCUT2D eigenvalue weighted by Gasteiger charge is -2.10. The number of nitrogens with zero attached hydrogens (tertiary/aromatic N) is 3. The zero-order chi connectivity index (χ0) is 20.1. The molecule has 0 saturated heterocycles. The van der Waals surface area contributed by atoms with E-state index in [1.165, 1.54) is 11.8 Å². The van der Waals surface area contributed by atoms with Crippen LogP contribution in [0.5, 0.6) is 0 Å². The van der Waals surface area contributed by atoms with E-state index in [2.05, 4.69) is 10.2 Å². The van der Waals surface area contributed by atoms with Gasteiger partial charge in [-0.15, -0.1) is 10.2 Å². The normalized spacial score (nSPS) is 11.0. The third-order valence-electron chi connectivity index (χ3n) is 4.36. The molecule has 7 heteroatoms. The van der Waals surface area contributed by atoms with Gasteiger partial charge in [-0.2, -0.15) is 0 Å². The third-order valence-corrected chi connectivity index (χ3v) is 5.58. The van der Waals surface area contributed by atoms with Gasteiger partial charge in [-0.25, -0.2) is 0 Å². The summed E-state index contributed by atoms with van der Waals surface area (Å²) in [5.74, 6) is 1.12. The highest BCUT2D eigenvalue weighted by atomic mass is 35.5. The number of methoxy groups -OCH3 is 1. The van der Waals surface area contributed by atoms with Crippen LogP contribution in [0.1, 0.15) is 21.5 Å². The number of carbonyl (C=O) groups excluding carboxylic acids is 1. The molecule has 0 atom stereocenters. The molecule has 3 aromatic rings. The number of benzene rings is 2. The van der Waals surface area contributed by atoms with E-state index in [0.717, 1.165) is 28.1 Å². The second-order valence-corrected chi connectivity index (χ2v) is 7.87. The highest BCUT2D eigenvalue weighted by Gasteiger charge is 2.17. The summed E-state index contributed by atoms with van der Waals surface area (Å²) in [5, 5.41) is 10.0. The summed E-state index contributed by atoms with van der Waals surface area (Å²) in [7, 11) is 1.66. The van der Waals surface area contributed by atoms with Crippen molar-refractivity contribution in [1.29, 1.82) is 0 Å². The first-order chi connectivity index (χ1) is 13.5. The van der Waals surface area contributed by atoms with E-state index in [1.54, 1.807) is 7.11 Å². The van der Waals surface area contributed by atoms with Gasteiger partial charge in [0.1, 0.15) is 0 Å². The van der Waals surface area contributed by atoms with E-state index in [-0.39, 0.29) is 5.78 Å². The monoisotopic (exact) mass is 415 g/mol. The molecule has 0 amide bonds. The van der Waals surface area contributed by atoms with Crippen LogP contribution in [-0.2, 0) is 11.3 Å². The minimum absolute atomic E-state index is 0.0838. The van der Waals surface area contributed by atoms with E-state index in [0.29, 0.717) is 29.1 Å². The van der Waals surface area contributed by atoms with Gasteiger partial charge in [0.05, 0.1) is 18.9 Å². The standard InChI is InChI=1S/C21H22ClN3O2S/c1-14-4-5-15(2)18(12-14)19(26)13-28-21-24-23-20(25(21)10-11-27-3)16-6-8-17(22)9-7-16/h4-9,12H,10-11,13H2,1-3H3. The van der Waals surface area contributed by atoms with Crippen LogP contribution in [0.3, 0.4) is 0 Å². The summed E-state index contributed by atoms with van der Waals surface area (Å²) >= 11 is 7.38. The lowest BCUT2D eigenvalue weighted by molar-refractivity contribution is 0.102. The van der Waals surface area contributed by atoms with E-state index >= 15 is 0 Å². The van der Waals surface area contributed by atoms with E-state index < -0.39 is 0 Å². The predicted molar refractivity (Wildman–Crippen MR) is 113 cm³/mol. The van der Waals surface area contributed by atoms with Crippen molar-refractivity contribution in [3.63, 3.8) is 0 Å². The van der Waals surface area contributed by atoms with Crippen LogP contribution in [0, 0.1) is 13.8 Å². The quantitative estimate of drug-likeness (QED) is 0.389. The van der Waals surface area contributed by atoms with E-state index in [4.69, 9.17) is 16.3 Å². The summed E-state index contributed by atoms with van der Waals surface area (Å²) in [4.78, 5) is 12.7. The number of rotatable bonds is 8. The molecule has 28 heavy (non-hydrogen) atoms. The maximum atomic E-state index is 12.7. The summed E-state index contributed by atoms with van der Waals surface area (Å²) < 4.78 is 7.21. The van der Waals surface area contributed by atoms with Crippen molar-refractivity contribution in [2.75, 3.05) is 19.5 Å². The zero-order valence-electron chi connectivity index (χ0n) is 16.1. The van der Waals surface area contributed by atoms with Crippen LogP contribution in [0.4, 0.5) is 0 Å².